The first-order valence-electron chi connectivity index (χ1n) is 7.41. The van der Waals surface area contributed by atoms with Crippen molar-refractivity contribution in [3.05, 3.63) is 66.2 Å². The second kappa shape index (κ2) is 6.56. The van der Waals surface area contributed by atoms with Crippen LogP contribution in [-0.4, -0.2) is 30.5 Å². The molecule has 0 bridgehead atoms. The molecule has 3 atom stereocenters. The Hall–Kier alpha value is -1.42. The van der Waals surface area contributed by atoms with Gasteiger partial charge in [-0.2, -0.15) is 0 Å². The highest BCUT2D eigenvalue weighted by molar-refractivity contribution is 6.91. The van der Waals surface area contributed by atoms with Gasteiger partial charge in [0.15, 0.2) is 0 Å². The highest BCUT2D eigenvalue weighted by Gasteiger charge is 2.40. The zero-order chi connectivity index (χ0) is 15.5. The molecular formula is C18H24O2Si. The van der Waals surface area contributed by atoms with E-state index in [1.807, 2.05) is 48.5 Å². The minimum absolute atomic E-state index is 0.0406. The molecule has 0 fully saturated rings. The molecule has 2 aromatic rings. The predicted molar refractivity (Wildman–Crippen MR) is 90.4 cm³/mol. The van der Waals surface area contributed by atoms with E-state index in [2.05, 4.69) is 25.2 Å². The maximum absolute atomic E-state index is 10.6. The molecule has 3 heteroatoms. The van der Waals surface area contributed by atoms with E-state index in [0.717, 1.165) is 5.56 Å². The Morgan fingerprint density at radius 1 is 0.810 bits per heavy atom. The number of aliphatic hydroxyl groups is 2. The van der Waals surface area contributed by atoms with Gasteiger partial charge in [-0.3, -0.25) is 0 Å². The molecule has 0 aliphatic carbocycles. The molecule has 21 heavy (non-hydrogen) atoms. The van der Waals surface area contributed by atoms with Gasteiger partial charge >= 0.3 is 0 Å². The van der Waals surface area contributed by atoms with Gasteiger partial charge in [-0.15, -0.1) is 0 Å². The number of rotatable bonds is 5. The van der Waals surface area contributed by atoms with E-state index in [9.17, 15) is 10.2 Å². The summed E-state index contributed by atoms with van der Waals surface area (Å²) in [5, 5.41) is 21.8. The van der Waals surface area contributed by atoms with Crippen molar-refractivity contribution in [3.8, 4) is 0 Å². The largest absolute Gasteiger partial charge is 0.391 e. The van der Waals surface area contributed by atoms with Gasteiger partial charge < -0.3 is 10.2 Å². The van der Waals surface area contributed by atoms with Crippen LogP contribution < -0.4 is 5.19 Å². The molecule has 2 N–H and O–H groups in total. The Kier molecular flexibility index (Phi) is 4.98. The molecule has 2 aromatic carbocycles. The smallest absolute Gasteiger partial charge is 0.0911 e. The molecule has 0 unspecified atom stereocenters. The van der Waals surface area contributed by atoms with Crippen molar-refractivity contribution in [2.75, 3.05) is 0 Å². The molecule has 0 saturated carbocycles. The second-order valence-electron chi connectivity index (χ2n) is 6.21. The average Bonchev–Trinajstić information content (AvgIpc) is 2.49. The Balaban J connectivity index is 2.49. The fourth-order valence-electron chi connectivity index (χ4n) is 3.03. The molecule has 112 valence electrons. The third-order valence-electron chi connectivity index (χ3n) is 4.29. The molecule has 0 radical (unpaired) electrons. The molecule has 0 saturated heterocycles. The van der Waals surface area contributed by atoms with Crippen LogP contribution >= 0.6 is 0 Å². The average molecular weight is 300 g/mol. The summed E-state index contributed by atoms with van der Waals surface area (Å²) in [6.07, 6.45) is -1.50. The summed E-state index contributed by atoms with van der Waals surface area (Å²) in [5.74, 6) is 0. The lowest BCUT2D eigenvalue weighted by Crippen LogP contribution is -2.53. The summed E-state index contributed by atoms with van der Waals surface area (Å²) < 4.78 is 0. The zero-order valence-corrected chi connectivity index (χ0v) is 13.9. The van der Waals surface area contributed by atoms with Crippen molar-refractivity contribution >= 4 is 13.3 Å². The summed E-state index contributed by atoms with van der Waals surface area (Å²) in [4.78, 5) is 0. The summed E-state index contributed by atoms with van der Waals surface area (Å²) in [6, 6.07) is 20.4. The van der Waals surface area contributed by atoms with E-state index in [1.165, 1.54) is 5.19 Å². The quantitative estimate of drug-likeness (QED) is 0.834. The van der Waals surface area contributed by atoms with Gasteiger partial charge in [-0.05, 0) is 12.5 Å². The van der Waals surface area contributed by atoms with Gasteiger partial charge in [0.05, 0.1) is 20.3 Å². The van der Waals surface area contributed by atoms with Crippen molar-refractivity contribution in [1.29, 1.82) is 0 Å². The lowest BCUT2D eigenvalue weighted by molar-refractivity contribution is 0.0268. The maximum atomic E-state index is 10.6. The zero-order valence-electron chi connectivity index (χ0n) is 12.9. The molecule has 0 heterocycles. The SMILES string of the molecule is C[C@@H](O)[C@H](O)[C@H](c1ccccc1)[Si](C)(C)c1ccccc1. The lowest BCUT2D eigenvalue weighted by Gasteiger charge is -2.38. The van der Waals surface area contributed by atoms with Gasteiger partial charge in [0, 0.05) is 5.54 Å². The number of hydrogen-bond donors (Lipinski definition) is 2. The van der Waals surface area contributed by atoms with Gasteiger partial charge in [-0.1, -0.05) is 78.9 Å². The summed E-state index contributed by atoms with van der Waals surface area (Å²) in [7, 11) is -1.99. The normalized spacial score (nSPS) is 16.2. The van der Waals surface area contributed by atoms with Crippen LogP contribution in [0.2, 0.25) is 13.1 Å². The molecule has 0 aromatic heterocycles. The van der Waals surface area contributed by atoms with E-state index in [1.54, 1.807) is 6.92 Å². The van der Waals surface area contributed by atoms with Crippen molar-refractivity contribution in [2.24, 2.45) is 0 Å². The monoisotopic (exact) mass is 300 g/mol. The Morgan fingerprint density at radius 3 is 1.76 bits per heavy atom. The molecule has 2 nitrogen and oxygen atoms in total. The standard InChI is InChI=1S/C18H24O2Si/c1-14(19)17(20)18(15-10-6-4-7-11-15)21(2,3)16-12-8-5-9-13-16/h4-14,17-20H,1-3H3/t14-,17+,18+/m1/s1. The minimum Gasteiger partial charge on any atom is -0.391 e. The minimum atomic E-state index is -1.99. The highest BCUT2D eigenvalue weighted by atomic mass is 28.3. The molecule has 2 rings (SSSR count). The number of benzene rings is 2. The van der Waals surface area contributed by atoms with Crippen LogP contribution in [0.15, 0.2) is 60.7 Å². The molecule has 0 spiro atoms. The van der Waals surface area contributed by atoms with Crippen LogP contribution in [0, 0.1) is 0 Å². The third-order valence-corrected chi connectivity index (χ3v) is 8.34. The highest BCUT2D eigenvalue weighted by Crippen LogP contribution is 2.31. The van der Waals surface area contributed by atoms with Gasteiger partial charge in [-0.25, -0.2) is 0 Å². The Bertz CT molecular complexity index is 552. The van der Waals surface area contributed by atoms with Crippen LogP contribution in [0.25, 0.3) is 0 Å². The van der Waals surface area contributed by atoms with E-state index < -0.39 is 20.3 Å². The van der Waals surface area contributed by atoms with E-state index >= 15 is 0 Å². The second-order valence-corrected chi connectivity index (χ2v) is 10.8. The summed E-state index contributed by atoms with van der Waals surface area (Å²) in [6.45, 7) is 6.17. The molecule has 0 aliphatic heterocycles. The topological polar surface area (TPSA) is 40.5 Å². The predicted octanol–water partition coefficient (Wildman–Crippen LogP) is 2.67. The summed E-state index contributed by atoms with van der Waals surface area (Å²) >= 11 is 0. The first kappa shape index (κ1) is 16.0. The van der Waals surface area contributed by atoms with Gasteiger partial charge in [0.1, 0.15) is 0 Å². The van der Waals surface area contributed by atoms with Crippen LogP contribution in [0.1, 0.15) is 18.0 Å². The van der Waals surface area contributed by atoms with Crippen LogP contribution in [0.5, 0.6) is 0 Å². The van der Waals surface area contributed by atoms with Crippen LogP contribution in [-0.2, 0) is 0 Å². The van der Waals surface area contributed by atoms with Gasteiger partial charge in [0.25, 0.3) is 0 Å². The fraction of sp³-hybridized carbons (Fsp3) is 0.333. The summed E-state index contributed by atoms with van der Waals surface area (Å²) in [5.41, 5.74) is 1.06. The van der Waals surface area contributed by atoms with E-state index in [-0.39, 0.29) is 5.54 Å². The van der Waals surface area contributed by atoms with Crippen LogP contribution in [0.3, 0.4) is 0 Å². The molecular weight excluding hydrogens is 276 g/mol. The fourth-order valence-corrected chi connectivity index (χ4v) is 6.60. The maximum Gasteiger partial charge on any atom is 0.0911 e. The first-order chi connectivity index (χ1) is 9.94. The number of aliphatic hydroxyl groups excluding tert-OH is 2. The molecule has 0 amide bonds. The third kappa shape index (κ3) is 3.43. The Labute approximate surface area is 128 Å². The first-order valence-corrected chi connectivity index (χ1v) is 10.5. The number of hydrogen-bond acceptors (Lipinski definition) is 2. The molecule has 0 aliphatic rings. The lowest BCUT2D eigenvalue weighted by atomic mass is 10.0. The van der Waals surface area contributed by atoms with E-state index in [0.29, 0.717) is 0 Å². The van der Waals surface area contributed by atoms with Crippen LogP contribution in [0.4, 0.5) is 0 Å². The van der Waals surface area contributed by atoms with Crippen molar-refractivity contribution in [2.45, 2.75) is 37.8 Å². The Morgan fingerprint density at radius 2 is 1.29 bits per heavy atom. The van der Waals surface area contributed by atoms with Gasteiger partial charge in [0.2, 0.25) is 0 Å². The van der Waals surface area contributed by atoms with Crippen molar-refractivity contribution < 1.29 is 10.2 Å². The van der Waals surface area contributed by atoms with E-state index in [4.69, 9.17) is 0 Å². The van der Waals surface area contributed by atoms with Crippen molar-refractivity contribution in [1.82, 2.24) is 0 Å². The van der Waals surface area contributed by atoms with Crippen molar-refractivity contribution in [3.63, 3.8) is 0 Å².